The van der Waals surface area contributed by atoms with Gasteiger partial charge in [-0.05, 0) is 35.7 Å². The molecule has 4 aromatic rings. The number of carbonyl (C=O) groups excluding carboxylic acids is 2. The number of benzene rings is 3. The van der Waals surface area contributed by atoms with Crippen molar-refractivity contribution in [2.24, 2.45) is 0 Å². The molecule has 0 spiro atoms. The van der Waals surface area contributed by atoms with Gasteiger partial charge < -0.3 is 10.6 Å². The van der Waals surface area contributed by atoms with Crippen LogP contribution in [0.1, 0.15) is 37.9 Å². The standard InChI is InChI=1S/C24H14BrClFN3O2/c25-13-7-17-21(22(30-23(17)31)16-9-14(27)5-6-19(16)26)20(8-13)29-24(32)18-11-28-10-12-3-1-2-4-15(12)18/h1-11,22H,(H,29,32)(H,30,31). The molecule has 2 amide bonds. The first-order chi connectivity index (χ1) is 15.4. The quantitative estimate of drug-likeness (QED) is 0.362. The smallest absolute Gasteiger partial charge is 0.257 e. The molecule has 158 valence electrons. The molecule has 2 heterocycles. The highest BCUT2D eigenvalue weighted by atomic mass is 79.9. The zero-order chi connectivity index (χ0) is 22.4. The Labute approximate surface area is 195 Å². The summed E-state index contributed by atoms with van der Waals surface area (Å²) in [6, 6.07) is 14.1. The minimum Gasteiger partial charge on any atom is -0.341 e. The van der Waals surface area contributed by atoms with Gasteiger partial charge in [-0.2, -0.15) is 0 Å². The second-order valence-electron chi connectivity index (χ2n) is 7.35. The third-order valence-electron chi connectivity index (χ3n) is 5.38. The van der Waals surface area contributed by atoms with Crippen molar-refractivity contribution < 1.29 is 14.0 Å². The van der Waals surface area contributed by atoms with Crippen LogP contribution in [0, 0.1) is 5.82 Å². The predicted molar refractivity (Wildman–Crippen MR) is 125 cm³/mol. The van der Waals surface area contributed by atoms with Crippen molar-refractivity contribution in [2.75, 3.05) is 5.32 Å². The van der Waals surface area contributed by atoms with Crippen LogP contribution in [0.15, 0.2) is 71.5 Å². The van der Waals surface area contributed by atoms with Crippen LogP contribution in [0.3, 0.4) is 0 Å². The number of halogens is 3. The molecule has 0 bridgehead atoms. The van der Waals surface area contributed by atoms with Crippen LogP contribution in [0.4, 0.5) is 10.1 Å². The molecule has 3 aromatic carbocycles. The van der Waals surface area contributed by atoms with E-state index in [1.54, 1.807) is 18.3 Å². The number of nitrogens with zero attached hydrogens (tertiary/aromatic N) is 1. The number of hydrogen-bond acceptors (Lipinski definition) is 3. The zero-order valence-electron chi connectivity index (χ0n) is 16.3. The zero-order valence-corrected chi connectivity index (χ0v) is 18.7. The molecule has 5 nitrogen and oxygen atoms in total. The summed E-state index contributed by atoms with van der Waals surface area (Å²) >= 11 is 9.72. The van der Waals surface area contributed by atoms with Gasteiger partial charge in [-0.3, -0.25) is 14.6 Å². The van der Waals surface area contributed by atoms with E-state index in [1.165, 1.54) is 24.4 Å². The Bertz CT molecular complexity index is 1420. The summed E-state index contributed by atoms with van der Waals surface area (Å²) in [7, 11) is 0. The molecule has 5 rings (SSSR count). The molecule has 0 saturated carbocycles. The van der Waals surface area contributed by atoms with Crippen molar-refractivity contribution in [3.63, 3.8) is 0 Å². The fourth-order valence-corrected chi connectivity index (χ4v) is 4.64. The van der Waals surface area contributed by atoms with Crippen molar-refractivity contribution >= 4 is 55.8 Å². The number of hydrogen-bond donors (Lipinski definition) is 2. The Balaban J connectivity index is 1.62. The van der Waals surface area contributed by atoms with Crippen molar-refractivity contribution in [2.45, 2.75) is 6.04 Å². The summed E-state index contributed by atoms with van der Waals surface area (Å²) in [6.45, 7) is 0. The topological polar surface area (TPSA) is 71.1 Å². The fraction of sp³-hybridized carbons (Fsp3) is 0.0417. The van der Waals surface area contributed by atoms with Crippen molar-refractivity contribution in [1.82, 2.24) is 10.3 Å². The molecule has 2 N–H and O–H groups in total. The maximum absolute atomic E-state index is 14.0. The van der Waals surface area contributed by atoms with E-state index in [4.69, 9.17) is 11.6 Å². The van der Waals surface area contributed by atoms with Crippen LogP contribution < -0.4 is 10.6 Å². The van der Waals surface area contributed by atoms with Crippen LogP contribution >= 0.6 is 27.5 Å². The molecular weight excluding hydrogens is 497 g/mol. The first-order valence-corrected chi connectivity index (χ1v) is 10.8. The molecule has 1 unspecified atom stereocenters. The predicted octanol–water partition coefficient (Wildman–Crippen LogP) is 5.87. The molecule has 0 aliphatic carbocycles. The third kappa shape index (κ3) is 3.53. The molecule has 0 fully saturated rings. The van der Waals surface area contributed by atoms with Gasteiger partial charge in [0.05, 0.1) is 11.6 Å². The van der Waals surface area contributed by atoms with E-state index in [1.807, 2.05) is 24.3 Å². The Hall–Kier alpha value is -3.29. The summed E-state index contributed by atoms with van der Waals surface area (Å²) in [5, 5.41) is 7.64. The van der Waals surface area contributed by atoms with Crippen molar-refractivity contribution in [3.05, 3.63) is 105 Å². The number of rotatable bonds is 3. The molecule has 8 heteroatoms. The maximum Gasteiger partial charge on any atom is 0.257 e. The number of pyridine rings is 1. The van der Waals surface area contributed by atoms with Gasteiger partial charge in [-0.1, -0.05) is 51.8 Å². The summed E-state index contributed by atoms with van der Waals surface area (Å²) < 4.78 is 14.6. The Kier molecular flexibility index (Phi) is 5.15. The van der Waals surface area contributed by atoms with Gasteiger partial charge >= 0.3 is 0 Å². The molecule has 32 heavy (non-hydrogen) atoms. The monoisotopic (exact) mass is 509 g/mol. The molecule has 1 aliphatic heterocycles. The molecule has 1 aromatic heterocycles. The number of fused-ring (bicyclic) bond motifs is 2. The number of nitrogens with one attached hydrogen (secondary N) is 2. The van der Waals surface area contributed by atoms with Crippen molar-refractivity contribution in [3.8, 4) is 0 Å². The van der Waals surface area contributed by atoms with E-state index >= 15 is 0 Å². The largest absolute Gasteiger partial charge is 0.341 e. The lowest BCUT2D eigenvalue weighted by atomic mass is 9.96. The highest BCUT2D eigenvalue weighted by molar-refractivity contribution is 9.10. The van der Waals surface area contributed by atoms with Crippen LogP contribution in [-0.4, -0.2) is 16.8 Å². The van der Waals surface area contributed by atoms with Crippen molar-refractivity contribution in [1.29, 1.82) is 0 Å². The van der Waals surface area contributed by atoms with Crippen LogP contribution in [0.25, 0.3) is 10.8 Å². The van der Waals surface area contributed by atoms with Crippen LogP contribution in [-0.2, 0) is 0 Å². The van der Waals surface area contributed by atoms with Gasteiger partial charge in [0.15, 0.2) is 0 Å². The van der Waals surface area contributed by atoms with E-state index < -0.39 is 11.9 Å². The van der Waals surface area contributed by atoms with Gasteiger partial charge in [0.1, 0.15) is 5.82 Å². The fourth-order valence-electron chi connectivity index (χ4n) is 3.96. The Morgan fingerprint density at radius 3 is 2.78 bits per heavy atom. The average molecular weight is 511 g/mol. The minimum absolute atomic E-state index is 0.308. The van der Waals surface area contributed by atoms with Gasteiger partial charge in [0.25, 0.3) is 11.8 Å². The first kappa shape index (κ1) is 20.6. The molecule has 1 aliphatic rings. The molecule has 0 radical (unpaired) electrons. The summed E-state index contributed by atoms with van der Waals surface area (Å²) in [6.07, 6.45) is 3.19. The minimum atomic E-state index is -0.713. The molecule has 1 atom stereocenters. The second kappa shape index (κ2) is 8.00. The highest BCUT2D eigenvalue weighted by Crippen LogP contribution is 2.41. The maximum atomic E-state index is 14.0. The number of aromatic nitrogens is 1. The lowest BCUT2D eigenvalue weighted by molar-refractivity contribution is 0.0959. The van der Waals surface area contributed by atoms with E-state index in [0.717, 1.165) is 10.8 Å². The number of carbonyl (C=O) groups is 2. The van der Waals surface area contributed by atoms with E-state index in [-0.39, 0.29) is 11.8 Å². The summed E-state index contributed by atoms with van der Waals surface area (Å²) in [5.74, 6) is -1.19. The molecule has 0 saturated heterocycles. The normalized spacial score (nSPS) is 14.8. The lowest BCUT2D eigenvalue weighted by Crippen LogP contribution is -2.21. The summed E-state index contributed by atoms with van der Waals surface area (Å²) in [5.41, 5.74) is 2.11. The second-order valence-corrected chi connectivity index (χ2v) is 8.67. The first-order valence-electron chi connectivity index (χ1n) is 9.66. The Morgan fingerprint density at radius 1 is 1.12 bits per heavy atom. The SMILES string of the molecule is O=C1NC(c2cc(F)ccc2Cl)c2c(NC(=O)c3cncc4ccccc34)cc(Br)cc21. The van der Waals surface area contributed by atoms with Crippen LogP contribution in [0.5, 0.6) is 0 Å². The van der Waals surface area contributed by atoms with E-state index in [9.17, 15) is 14.0 Å². The highest BCUT2D eigenvalue weighted by Gasteiger charge is 2.34. The third-order valence-corrected chi connectivity index (χ3v) is 6.19. The Morgan fingerprint density at radius 2 is 1.94 bits per heavy atom. The van der Waals surface area contributed by atoms with Gasteiger partial charge in [0, 0.05) is 49.7 Å². The van der Waals surface area contributed by atoms with Crippen LogP contribution in [0.2, 0.25) is 5.02 Å². The van der Waals surface area contributed by atoms with Gasteiger partial charge in [0.2, 0.25) is 0 Å². The average Bonchev–Trinajstić information content (AvgIpc) is 3.11. The summed E-state index contributed by atoms with van der Waals surface area (Å²) in [4.78, 5) is 30.1. The lowest BCUT2D eigenvalue weighted by Gasteiger charge is -2.18. The number of amides is 2. The van der Waals surface area contributed by atoms with E-state index in [0.29, 0.717) is 37.4 Å². The van der Waals surface area contributed by atoms with Gasteiger partial charge in [-0.25, -0.2) is 4.39 Å². The number of anilines is 1. The van der Waals surface area contributed by atoms with Gasteiger partial charge in [-0.15, -0.1) is 0 Å². The molecular formula is C24H14BrClFN3O2. The van der Waals surface area contributed by atoms with E-state index in [2.05, 4.69) is 31.5 Å².